The largest absolute Gasteiger partial charge is 0.493 e. The maximum atomic E-state index is 13.1. The zero-order chi connectivity index (χ0) is 23.4. The SMILES string of the molecule is C=CCc1c(OCC(=O)NCc2ccc(OC)c(OC)c2)ccc2nc3n(c(=O)c12)CCC3. The van der Waals surface area contributed by atoms with Gasteiger partial charge in [0.15, 0.2) is 18.1 Å². The zero-order valence-corrected chi connectivity index (χ0v) is 18.8. The number of nitrogens with one attached hydrogen (secondary N) is 1. The molecule has 8 nitrogen and oxygen atoms in total. The van der Waals surface area contributed by atoms with Crippen molar-refractivity contribution < 1.29 is 19.0 Å². The van der Waals surface area contributed by atoms with Crippen LogP contribution < -0.4 is 25.1 Å². The second-order valence-corrected chi connectivity index (χ2v) is 7.77. The van der Waals surface area contributed by atoms with E-state index in [0.717, 1.165) is 24.2 Å². The molecule has 0 bridgehead atoms. The van der Waals surface area contributed by atoms with Crippen molar-refractivity contribution in [2.24, 2.45) is 0 Å². The normalized spacial score (nSPS) is 12.3. The van der Waals surface area contributed by atoms with E-state index in [2.05, 4.69) is 16.9 Å². The summed E-state index contributed by atoms with van der Waals surface area (Å²) >= 11 is 0. The lowest BCUT2D eigenvalue weighted by Crippen LogP contribution is -2.28. The Hall–Kier alpha value is -3.81. The lowest BCUT2D eigenvalue weighted by Gasteiger charge is -2.14. The van der Waals surface area contributed by atoms with Crippen LogP contribution >= 0.6 is 0 Å². The lowest BCUT2D eigenvalue weighted by molar-refractivity contribution is -0.123. The molecule has 0 unspecified atom stereocenters. The van der Waals surface area contributed by atoms with Gasteiger partial charge in [0, 0.05) is 25.1 Å². The summed E-state index contributed by atoms with van der Waals surface area (Å²) in [6, 6.07) is 8.99. The molecule has 0 fully saturated rings. The molecule has 3 aromatic rings. The van der Waals surface area contributed by atoms with E-state index in [1.807, 2.05) is 12.1 Å². The Bertz CT molecular complexity index is 1270. The number of amides is 1. The molecule has 0 saturated carbocycles. The summed E-state index contributed by atoms with van der Waals surface area (Å²) in [5.74, 6) is 2.25. The molecule has 1 N–H and O–H groups in total. The van der Waals surface area contributed by atoms with Crippen LogP contribution in [0.3, 0.4) is 0 Å². The maximum Gasteiger partial charge on any atom is 0.261 e. The quantitative estimate of drug-likeness (QED) is 0.505. The summed E-state index contributed by atoms with van der Waals surface area (Å²) in [4.78, 5) is 30.2. The molecule has 33 heavy (non-hydrogen) atoms. The molecule has 1 amide bonds. The molecule has 0 aliphatic carbocycles. The van der Waals surface area contributed by atoms with Gasteiger partial charge < -0.3 is 19.5 Å². The number of nitrogens with zero attached hydrogens (tertiary/aromatic N) is 2. The van der Waals surface area contributed by atoms with Crippen molar-refractivity contribution in [3.05, 3.63) is 70.3 Å². The first kappa shape index (κ1) is 22.4. The predicted molar refractivity (Wildman–Crippen MR) is 125 cm³/mol. The second kappa shape index (κ2) is 9.77. The Morgan fingerprint density at radius 3 is 2.73 bits per heavy atom. The second-order valence-electron chi connectivity index (χ2n) is 7.77. The van der Waals surface area contributed by atoms with Crippen LogP contribution in [0.5, 0.6) is 17.2 Å². The summed E-state index contributed by atoms with van der Waals surface area (Å²) < 4.78 is 18.1. The van der Waals surface area contributed by atoms with Crippen molar-refractivity contribution in [2.45, 2.75) is 32.4 Å². The Morgan fingerprint density at radius 1 is 1.18 bits per heavy atom. The van der Waals surface area contributed by atoms with E-state index in [1.165, 1.54) is 0 Å². The van der Waals surface area contributed by atoms with Crippen molar-refractivity contribution in [3.63, 3.8) is 0 Å². The number of carbonyl (C=O) groups is 1. The summed E-state index contributed by atoms with van der Waals surface area (Å²) in [6.45, 7) is 4.62. The summed E-state index contributed by atoms with van der Waals surface area (Å²) in [5, 5.41) is 3.36. The number of fused-ring (bicyclic) bond motifs is 2. The third-order valence-electron chi connectivity index (χ3n) is 5.69. The topological polar surface area (TPSA) is 91.7 Å². The van der Waals surface area contributed by atoms with E-state index in [0.29, 0.717) is 53.2 Å². The molecule has 1 aliphatic rings. The van der Waals surface area contributed by atoms with Crippen LogP contribution in [0.1, 0.15) is 23.4 Å². The van der Waals surface area contributed by atoms with Gasteiger partial charge in [0.05, 0.1) is 25.1 Å². The van der Waals surface area contributed by atoms with Gasteiger partial charge in [-0.15, -0.1) is 6.58 Å². The van der Waals surface area contributed by atoms with Gasteiger partial charge in [0.25, 0.3) is 11.5 Å². The standard InChI is InChI=1S/C25H27N3O5/c1-4-6-17-19(11-9-18-24(17)25(30)28-12-5-7-22(28)27-18)33-15-23(29)26-14-16-8-10-20(31-2)21(13-16)32-3/h4,8-11,13H,1,5-7,12,14-15H2,2-3H3,(H,26,29). The minimum absolute atomic E-state index is 0.0623. The van der Waals surface area contributed by atoms with Gasteiger partial charge in [0.2, 0.25) is 0 Å². The maximum absolute atomic E-state index is 13.1. The molecule has 1 aromatic heterocycles. The number of aromatic nitrogens is 2. The highest BCUT2D eigenvalue weighted by atomic mass is 16.5. The molecular formula is C25H27N3O5. The number of benzene rings is 2. The van der Waals surface area contributed by atoms with Gasteiger partial charge in [-0.25, -0.2) is 4.98 Å². The molecule has 2 heterocycles. The molecule has 0 atom stereocenters. The predicted octanol–water partition coefficient (Wildman–Crippen LogP) is 2.78. The number of hydrogen-bond donors (Lipinski definition) is 1. The van der Waals surface area contributed by atoms with Crippen molar-refractivity contribution in [3.8, 4) is 17.2 Å². The summed E-state index contributed by atoms with van der Waals surface area (Å²) in [7, 11) is 3.13. The van der Waals surface area contributed by atoms with Crippen LogP contribution in [0.2, 0.25) is 0 Å². The molecule has 0 spiro atoms. The fourth-order valence-electron chi connectivity index (χ4n) is 4.08. The Labute approximate surface area is 191 Å². The van der Waals surface area contributed by atoms with Crippen LogP contribution in [0.15, 0.2) is 47.8 Å². The molecule has 0 radical (unpaired) electrons. The monoisotopic (exact) mass is 449 g/mol. The Morgan fingerprint density at radius 2 is 1.97 bits per heavy atom. The molecular weight excluding hydrogens is 422 g/mol. The lowest BCUT2D eigenvalue weighted by atomic mass is 10.0. The third-order valence-corrected chi connectivity index (χ3v) is 5.69. The van der Waals surface area contributed by atoms with Gasteiger partial charge >= 0.3 is 0 Å². The number of ether oxygens (including phenoxy) is 3. The van der Waals surface area contributed by atoms with Crippen LogP contribution in [-0.4, -0.2) is 36.3 Å². The van der Waals surface area contributed by atoms with Crippen LogP contribution in [0.4, 0.5) is 0 Å². The first-order valence-electron chi connectivity index (χ1n) is 10.8. The number of hydrogen-bond acceptors (Lipinski definition) is 6. The highest BCUT2D eigenvalue weighted by Gasteiger charge is 2.20. The minimum Gasteiger partial charge on any atom is -0.493 e. The van der Waals surface area contributed by atoms with Crippen LogP contribution in [-0.2, 0) is 30.7 Å². The number of aryl methyl sites for hydroxylation is 1. The number of methoxy groups -OCH3 is 2. The fraction of sp³-hybridized carbons (Fsp3) is 0.320. The first-order chi connectivity index (χ1) is 16.0. The molecule has 0 saturated heterocycles. The van der Waals surface area contributed by atoms with Crippen molar-refractivity contribution in [2.75, 3.05) is 20.8 Å². The van der Waals surface area contributed by atoms with E-state index < -0.39 is 0 Å². The zero-order valence-electron chi connectivity index (χ0n) is 18.8. The fourth-order valence-corrected chi connectivity index (χ4v) is 4.08. The minimum atomic E-state index is -0.279. The average Bonchev–Trinajstić information content (AvgIpc) is 3.31. The Kier molecular flexibility index (Phi) is 6.63. The van der Waals surface area contributed by atoms with Crippen molar-refractivity contribution in [1.82, 2.24) is 14.9 Å². The van der Waals surface area contributed by atoms with Gasteiger partial charge in [0.1, 0.15) is 11.6 Å². The third kappa shape index (κ3) is 4.55. The molecule has 172 valence electrons. The van der Waals surface area contributed by atoms with E-state index >= 15 is 0 Å². The average molecular weight is 450 g/mol. The van der Waals surface area contributed by atoms with Gasteiger partial charge in [-0.1, -0.05) is 12.1 Å². The summed E-state index contributed by atoms with van der Waals surface area (Å²) in [5.41, 5.74) is 2.16. The first-order valence-corrected chi connectivity index (χ1v) is 10.8. The molecule has 4 rings (SSSR count). The van der Waals surface area contributed by atoms with E-state index in [9.17, 15) is 9.59 Å². The van der Waals surface area contributed by atoms with Crippen LogP contribution in [0.25, 0.3) is 10.9 Å². The van der Waals surface area contributed by atoms with E-state index in [-0.39, 0.29) is 18.1 Å². The Balaban J connectivity index is 1.49. The van der Waals surface area contributed by atoms with E-state index in [4.69, 9.17) is 14.2 Å². The van der Waals surface area contributed by atoms with Gasteiger partial charge in [-0.05, 0) is 42.7 Å². The molecule has 2 aromatic carbocycles. The van der Waals surface area contributed by atoms with Gasteiger partial charge in [-0.3, -0.25) is 14.2 Å². The summed E-state index contributed by atoms with van der Waals surface area (Å²) in [6.07, 6.45) is 3.88. The van der Waals surface area contributed by atoms with Crippen LogP contribution in [0, 0.1) is 0 Å². The van der Waals surface area contributed by atoms with Crippen molar-refractivity contribution >= 4 is 16.8 Å². The number of rotatable bonds is 9. The molecule has 8 heteroatoms. The number of allylic oxidation sites excluding steroid dienone is 1. The molecule has 1 aliphatic heterocycles. The highest BCUT2D eigenvalue weighted by Crippen LogP contribution is 2.28. The number of carbonyl (C=O) groups excluding carboxylic acids is 1. The highest BCUT2D eigenvalue weighted by molar-refractivity contribution is 5.84. The van der Waals surface area contributed by atoms with Gasteiger partial charge in [-0.2, -0.15) is 0 Å². The van der Waals surface area contributed by atoms with Crippen molar-refractivity contribution in [1.29, 1.82) is 0 Å². The van der Waals surface area contributed by atoms with E-state index in [1.54, 1.807) is 43.1 Å². The smallest absolute Gasteiger partial charge is 0.261 e.